The van der Waals surface area contributed by atoms with E-state index in [1.807, 2.05) is 24.3 Å². The number of hydrogen-bond acceptors (Lipinski definition) is 6. The van der Waals surface area contributed by atoms with Crippen LogP contribution in [0, 0.1) is 11.5 Å². The highest BCUT2D eigenvalue weighted by Crippen LogP contribution is 2.31. The van der Waals surface area contributed by atoms with E-state index in [4.69, 9.17) is 4.74 Å². The second kappa shape index (κ2) is 8.25. The molecule has 0 aliphatic carbocycles. The summed E-state index contributed by atoms with van der Waals surface area (Å²) < 4.78 is 47.6. The first-order valence-electron chi connectivity index (χ1n) is 10.3. The standard InChI is InChI=1S/C24H16F3N7O/c1-33-19-12-29-18-6-3-14(15-4-8-21(35-2)31-10-15)9-17(18)22(19)34(23(33)32-13-28)16-5-7-20(30-11-16)24(25,26)27/h3-12H,1-2H3/b32-23-. The van der Waals surface area contributed by atoms with Crippen LogP contribution < -0.4 is 10.4 Å². The summed E-state index contributed by atoms with van der Waals surface area (Å²) in [5.74, 6) is 0.483. The third-order valence-electron chi connectivity index (χ3n) is 5.63. The Morgan fingerprint density at radius 2 is 1.77 bits per heavy atom. The van der Waals surface area contributed by atoms with Gasteiger partial charge in [-0.25, -0.2) is 9.97 Å². The van der Waals surface area contributed by atoms with Crippen molar-refractivity contribution < 1.29 is 17.9 Å². The van der Waals surface area contributed by atoms with Crippen LogP contribution in [0.2, 0.25) is 0 Å². The number of benzene rings is 1. The molecule has 0 saturated carbocycles. The van der Waals surface area contributed by atoms with E-state index in [2.05, 4.69) is 19.9 Å². The predicted octanol–water partition coefficient (Wildman–Crippen LogP) is 4.38. The zero-order valence-corrected chi connectivity index (χ0v) is 18.4. The lowest BCUT2D eigenvalue weighted by atomic mass is 10.0. The Morgan fingerprint density at radius 3 is 2.40 bits per heavy atom. The Kier molecular flexibility index (Phi) is 5.21. The molecule has 0 aliphatic heterocycles. The average molecular weight is 475 g/mol. The van der Waals surface area contributed by atoms with Gasteiger partial charge < -0.3 is 9.30 Å². The van der Waals surface area contributed by atoms with Gasteiger partial charge in [-0.3, -0.25) is 9.55 Å². The van der Waals surface area contributed by atoms with Gasteiger partial charge in [0, 0.05) is 30.3 Å². The number of hydrogen-bond donors (Lipinski definition) is 0. The van der Waals surface area contributed by atoms with Gasteiger partial charge in [0.2, 0.25) is 17.7 Å². The minimum Gasteiger partial charge on any atom is -0.481 e. The summed E-state index contributed by atoms with van der Waals surface area (Å²) >= 11 is 0. The van der Waals surface area contributed by atoms with Crippen molar-refractivity contribution in [3.05, 3.63) is 72.4 Å². The number of alkyl halides is 3. The summed E-state index contributed by atoms with van der Waals surface area (Å²) in [6.45, 7) is 0. The van der Waals surface area contributed by atoms with Crippen LogP contribution in [-0.4, -0.2) is 31.2 Å². The van der Waals surface area contributed by atoms with Crippen molar-refractivity contribution in [3.8, 4) is 28.9 Å². The van der Waals surface area contributed by atoms with Gasteiger partial charge in [-0.2, -0.15) is 18.4 Å². The second-order valence-corrected chi connectivity index (χ2v) is 7.62. The van der Waals surface area contributed by atoms with E-state index in [0.29, 0.717) is 33.5 Å². The van der Waals surface area contributed by atoms with Crippen molar-refractivity contribution in [1.29, 1.82) is 5.26 Å². The number of methoxy groups -OCH3 is 1. The molecule has 0 N–H and O–H groups in total. The Labute approximate surface area is 196 Å². The first kappa shape index (κ1) is 22.1. The summed E-state index contributed by atoms with van der Waals surface area (Å²) in [5, 5.41) is 10.0. The molecule has 0 bridgehead atoms. The SMILES string of the molecule is COc1ccc(-c2ccc3ncc4c(c3c2)n(-c2ccc(C(F)(F)F)nc2)/c(=N\C#N)n4C)cn1. The molecule has 0 unspecified atom stereocenters. The number of halogens is 3. The summed E-state index contributed by atoms with van der Waals surface area (Å²) in [7, 11) is 3.24. The molecular weight excluding hydrogens is 459 g/mol. The Hall–Kier alpha value is -4.72. The predicted molar refractivity (Wildman–Crippen MR) is 121 cm³/mol. The van der Waals surface area contributed by atoms with Crippen molar-refractivity contribution in [3.63, 3.8) is 0 Å². The molecule has 1 aromatic carbocycles. The maximum atomic E-state index is 13.1. The molecule has 11 heteroatoms. The Bertz CT molecular complexity index is 1680. The maximum absolute atomic E-state index is 13.1. The van der Waals surface area contributed by atoms with Gasteiger partial charge in [-0.15, -0.1) is 4.99 Å². The highest BCUT2D eigenvalue weighted by Gasteiger charge is 2.32. The van der Waals surface area contributed by atoms with Gasteiger partial charge in [0.1, 0.15) is 5.69 Å². The van der Waals surface area contributed by atoms with Gasteiger partial charge in [0.15, 0.2) is 0 Å². The highest BCUT2D eigenvalue weighted by molar-refractivity contribution is 6.04. The molecule has 5 aromatic rings. The Balaban J connectivity index is 1.82. The van der Waals surface area contributed by atoms with Crippen molar-refractivity contribution in [2.75, 3.05) is 7.11 Å². The number of aromatic nitrogens is 5. The number of nitriles is 1. The van der Waals surface area contributed by atoms with Crippen LogP contribution in [-0.2, 0) is 13.2 Å². The van der Waals surface area contributed by atoms with E-state index in [9.17, 15) is 18.4 Å². The summed E-state index contributed by atoms with van der Waals surface area (Å²) in [6, 6.07) is 11.5. The number of aryl methyl sites for hydroxylation is 1. The molecule has 8 nitrogen and oxygen atoms in total. The van der Waals surface area contributed by atoms with E-state index >= 15 is 0 Å². The van der Waals surface area contributed by atoms with E-state index in [-0.39, 0.29) is 5.62 Å². The first-order valence-corrected chi connectivity index (χ1v) is 10.3. The topological polar surface area (TPSA) is 93.9 Å². The summed E-state index contributed by atoms with van der Waals surface area (Å²) in [4.78, 5) is 16.3. The van der Waals surface area contributed by atoms with Gasteiger partial charge in [0.25, 0.3) is 0 Å². The first-order chi connectivity index (χ1) is 16.8. The fourth-order valence-corrected chi connectivity index (χ4v) is 3.96. The molecule has 174 valence electrons. The van der Waals surface area contributed by atoms with Crippen molar-refractivity contribution in [2.45, 2.75) is 6.18 Å². The van der Waals surface area contributed by atoms with Gasteiger partial charge in [-0.1, -0.05) is 6.07 Å². The van der Waals surface area contributed by atoms with E-state index in [1.165, 1.54) is 13.2 Å². The minimum atomic E-state index is -4.57. The molecule has 0 saturated heterocycles. The molecule has 0 aliphatic rings. The molecule has 0 radical (unpaired) electrons. The van der Waals surface area contributed by atoms with Gasteiger partial charge in [0.05, 0.1) is 41.7 Å². The van der Waals surface area contributed by atoms with Crippen LogP contribution in [0.4, 0.5) is 13.2 Å². The zero-order chi connectivity index (χ0) is 24.7. The van der Waals surface area contributed by atoms with Crippen molar-refractivity contribution in [1.82, 2.24) is 24.1 Å². The number of ether oxygens (including phenoxy) is 1. The van der Waals surface area contributed by atoms with Crippen molar-refractivity contribution in [2.24, 2.45) is 12.0 Å². The monoisotopic (exact) mass is 475 g/mol. The molecule has 0 spiro atoms. The molecule has 0 fully saturated rings. The highest BCUT2D eigenvalue weighted by atomic mass is 19.4. The van der Waals surface area contributed by atoms with Gasteiger partial charge >= 0.3 is 6.18 Å². The lowest BCUT2D eigenvalue weighted by Crippen LogP contribution is -2.23. The molecule has 0 amide bonds. The van der Waals surface area contributed by atoms with Crippen LogP contribution in [0.1, 0.15) is 5.69 Å². The van der Waals surface area contributed by atoms with Crippen LogP contribution in [0.25, 0.3) is 38.8 Å². The molecule has 35 heavy (non-hydrogen) atoms. The van der Waals surface area contributed by atoms with Crippen LogP contribution in [0.15, 0.2) is 66.0 Å². The van der Waals surface area contributed by atoms with Crippen molar-refractivity contribution >= 4 is 21.9 Å². The maximum Gasteiger partial charge on any atom is 0.433 e. The average Bonchev–Trinajstić information content (AvgIpc) is 3.15. The largest absolute Gasteiger partial charge is 0.481 e. The smallest absolute Gasteiger partial charge is 0.433 e. The number of fused-ring (bicyclic) bond motifs is 3. The molecule has 5 rings (SSSR count). The quantitative estimate of drug-likeness (QED) is 0.361. The molecule has 4 heterocycles. The zero-order valence-electron chi connectivity index (χ0n) is 18.4. The fraction of sp³-hybridized carbons (Fsp3) is 0.125. The number of pyridine rings is 3. The summed E-state index contributed by atoms with van der Waals surface area (Å²) in [5.41, 5.74) is 3.13. The van der Waals surface area contributed by atoms with Crippen LogP contribution in [0.5, 0.6) is 5.88 Å². The molecular formula is C24H16F3N7O. The fourth-order valence-electron chi connectivity index (χ4n) is 3.96. The van der Waals surface area contributed by atoms with E-state index in [0.717, 1.165) is 23.4 Å². The van der Waals surface area contributed by atoms with Crippen LogP contribution >= 0.6 is 0 Å². The third-order valence-corrected chi connectivity index (χ3v) is 5.63. The second-order valence-electron chi connectivity index (χ2n) is 7.62. The number of rotatable bonds is 3. The Morgan fingerprint density at radius 1 is 0.971 bits per heavy atom. The lowest BCUT2D eigenvalue weighted by molar-refractivity contribution is -0.141. The van der Waals surface area contributed by atoms with E-state index in [1.54, 1.807) is 40.8 Å². The van der Waals surface area contributed by atoms with Crippen LogP contribution in [0.3, 0.4) is 0 Å². The third kappa shape index (κ3) is 3.74. The van der Waals surface area contributed by atoms with E-state index < -0.39 is 11.9 Å². The molecule has 4 aromatic heterocycles. The minimum absolute atomic E-state index is 0.217. The number of nitrogens with zero attached hydrogens (tertiary/aromatic N) is 7. The number of imidazole rings is 1. The lowest BCUT2D eigenvalue weighted by Gasteiger charge is -2.10. The summed E-state index contributed by atoms with van der Waals surface area (Å²) in [6.07, 6.45) is 1.63. The van der Waals surface area contributed by atoms with Gasteiger partial charge in [-0.05, 0) is 35.9 Å². The normalized spacial score (nSPS) is 12.3. The molecule has 0 atom stereocenters.